The van der Waals surface area contributed by atoms with Crippen molar-refractivity contribution in [3.63, 3.8) is 0 Å². The summed E-state index contributed by atoms with van der Waals surface area (Å²) in [5.74, 6) is 1.65. The van der Waals surface area contributed by atoms with Gasteiger partial charge in [-0.15, -0.1) is 5.10 Å². The molecule has 9 heteroatoms. The average molecular weight is 268 g/mol. The van der Waals surface area contributed by atoms with Gasteiger partial charge in [0.05, 0.1) is 12.3 Å². The minimum atomic E-state index is 0.716. The number of nitrogens with zero attached hydrogens (tertiary/aromatic N) is 7. The lowest BCUT2D eigenvalue weighted by molar-refractivity contribution is 0.529. The van der Waals surface area contributed by atoms with Crippen molar-refractivity contribution in [2.45, 2.75) is 30.9 Å². The van der Waals surface area contributed by atoms with E-state index >= 15 is 0 Å². The van der Waals surface area contributed by atoms with Crippen molar-refractivity contribution in [2.75, 3.05) is 13.6 Å². The summed E-state index contributed by atoms with van der Waals surface area (Å²) in [4.78, 5) is 4.22. The van der Waals surface area contributed by atoms with Crippen molar-refractivity contribution in [2.24, 2.45) is 0 Å². The van der Waals surface area contributed by atoms with Crippen LogP contribution in [0.4, 0.5) is 0 Å². The number of aryl methyl sites for hydroxylation is 1. The minimum absolute atomic E-state index is 0.716. The topological polar surface area (TPSA) is 86.3 Å². The van der Waals surface area contributed by atoms with Crippen LogP contribution in [0.15, 0.2) is 11.5 Å². The van der Waals surface area contributed by atoms with Gasteiger partial charge in [0.15, 0.2) is 0 Å². The van der Waals surface area contributed by atoms with E-state index in [0.29, 0.717) is 5.75 Å². The summed E-state index contributed by atoms with van der Waals surface area (Å²) in [7, 11) is 1.90. The second-order valence-electron chi connectivity index (χ2n) is 3.57. The molecular weight excluding hydrogens is 252 g/mol. The molecule has 0 aliphatic carbocycles. The van der Waals surface area contributed by atoms with Crippen molar-refractivity contribution in [1.82, 2.24) is 40.3 Å². The molecule has 2 heterocycles. The van der Waals surface area contributed by atoms with Gasteiger partial charge in [0.2, 0.25) is 5.16 Å². The van der Waals surface area contributed by atoms with E-state index in [-0.39, 0.29) is 0 Å². The van der Waals surface area contributed by atoms with E-state index < -0.39 is 0 Å². The lowest BCUT2D eigenvalue weighted by Gasteiger charge is -2.04. The summed E-state index contributed by atoms with van der Waals surface area (Å²) in [5, 5.41) is 19.6. The molecule has 18 heavy (non-hydrogen) atoms. The van der Waals surface area contributed by atoms with Crippen LogP contribution in [0.3, 0.4) is 0 Å². The Morgan fingerprint density at radius 3 is 3.06 bits per heavy atom. The number of hydrogen-bond acceptors (Lipinski definition) is 7. The number of aromatic nitrogens is 7. The van der Waals surface area contributed by atoms with Gasteiger partial charge < -0.3 is 5.32 Å². The van der Waals surface area contributed by atoms with Crippen LogP contribution in [0.25, 0.3) is 0 Å². The zero-order valence-electron chi connectivity index (χ0n) is 10.4. The van der Waals surface area contributed by atoms with E-state index in [4.69, 9.17) is 0 Å². The third-order valence-electron chi connectivity index (χ3n) is 2.40. The maximum atomic E-state index is 4.22. The van der Waals surface area contributed by atoms with Crippen LogP contribution in [-0.4, -0.2) is 48.6 Å². The Morgan fingerprint density at radius 2 is 2.28 bits per heavy atom. The molecular formula is C9H16N8S. The molecule has 0 saturated heterocycles. The lowest BCUT2D eigenvalue weighted by atomic mass is 10.6. The van der Waals surface area contributed by atoms with Gasteiger partial charge in [0.25, 0.3) is 0 Å². The summed E-state index contributed by atoms with van der Waals surface area (Å²) < 4.78 is 3.66. The Hall–Kier alpha value is -1.48. The number of nitrogens with one attached hydrogen (secondary N) is 1. The fourth-order valence-electron chi connectivity index (χ4n) is 1.45. The monoisotopic (exact) mass is 268 g/mol. The van der Waals surface area contributed by atoms with Gasteiger partial charge in [-0.3, -0.25) is 0 Å². The van der Waals surface area contributed by atoms with E-state index in [1.54, 1.807) is 22.8 Å². The van der Waals surface area contributed by atoms with Crippen LogP contribution >= 0.6 is 11.8 Å². The molecule has 0 aliphatic heterocycles. The molecule has 2 aromatic heterocycles. The molecule has 0 amide bonds. The van der Waals surface area contributed by atoms with Gasteiger partial charge >= 0.3 is 0 Å². The van der Waals surface area contributed by atoms with E-state index in [9.17, 15) is 0 Å². The SMILES string of the molecule is CCn1ncnc1CSc1nnnn1CCNC. The van der Waals surface area contributed by atoms with Crippen LogP contribution in [0.1, 0.15) is 12.7 Å². The van der Waals surface area contributed by atoms with Crippen LogP contribution in [-0.2, 0) is 18.8 Å². The van der Waals surface area contributed by atoms with Gasteiger partial charge in [-0.2, -0.15) is 5.10 Å². The number of rotatable bonds is 7. The van der Waals surface area contributed by atoms with Crippen molar-refractivity contribution in [3.8, 4) is 0 Å². The molecule has 2 rings (SSSR count). The van der Waals surface area contributed by atoms with E-state index in [0.717, 1.165) is 30.6 Å². The van der Waals surface area contributed by atoms with Gasteiger partial charge in [0.1, 0.15) is 12.2 Å². The maximum absolute atomic E-state index is 4.22. The summed E-state index contributed by atoms with van der Waals surface area (Å²) >= 11 is 1.57. The number of hydrogen-bond donors (Lipinski definition) is 1. The lowest BCUT2D eigenvalue weighted by Crippen LogP contribution is -2.16. The van der Waals surface area contributed by atoms with E-state index in [1.165, 1.54) is 0 Å². The highest BCUT2D eigenvalue weighted by molar-refractivity contribution is 7.98. The van der Waals surface area contributed by atoms with Gasteiger partial charge in [-0.25, -0.2) is 14.3 Å². The molecule has 98 valence electrons. The third-order valence-corrected chi connectivity index (χ3v) is 3.35. The maximum Gasteiger partial charge on any atom is 0.209 e. The third kappa shape index (κ3) is 3.05. The van der Waals surface area contributed by atoms with Gasteiger partial charge in [0, 0.05) is 13.1 Å². The smallest absolute Gasteiger partial charge is 0.209 e. The second-order valence-corrected chi connectivity index (χ2v) is 4.51. The summed E-state index contributed by atoms with van der Waals surface area (Å²) in [5.41, 5.74) is 0. The highest BCUT2D eigenvalue weighted by atomic mass is 32.2. The molecule has 0 unspecified atom stereocenters. The van der Waals surface area contributed by atoms with E-state index in [2.05, 4.69) is 30.9 Å². The normalized spacial score (nSPS) is 11.0. The molecule has 0 spiro atoms. The van der Waals surface area contributed by atoms with Crippen LogP contribution in [0, 0.1) is 0 Å². The first-order chi connectivity index (χ1) is 8.85. The van der Waals surface area contributed by atoms with Crippen LogP contribution in [0.2, 0.25) is 0 Å². The predicted molar refractivity (Wildman–Crippen MR) is 67.0 cm³/mol. The van der Waals surface area contributed by atoms with Gasteiger partial charge in [-0.1, -0.05) is 11.8 Å². The molecule has 0 fully saturated rings. The summed E-state index contributed by atoms with van der Waals surface area (Å²) in [6, 6.07) is 0. The molecule has 0 aromatic carbocycles. The fraction of sp³-hybridized carbons (Fsp3) is 0.667. The number of thioether (sulfide) groups is 1. The fourth-order valence-corrected chi connectivity index (χ4v) is 2.30. The summed E-state index contributed by atoms with van der Waals surface area (Å²) in [6.07, 6.45) is 1.57. The molecule has 0 bridgehead atoms. The van der Waals surface area contributed by atoms with Crippen molar-refractivity contribution in [3.05, 3.63) is 12.2 Å². The Labute approximate surface area is 109 Å². The Kier molecular flexibility index (Phi) is 4.65. The Bertz CT molecular complexity index is 478. The first-order valence-electron chi connectivity index (χ1n) is 5.75. The minimum Gasteiger partial charge on any atom is -0.318 e. The van der Waals surface area contributed by atoms with Crippen molar-refractivity contribution in [1.29, 1.82) is 0 Å². The largest absolute Gasteiger partial charge is 0.318 e. The molecule has 0 radical (unpaired) electrons. The second kappa shape index (κ2) is 6.45. The van der Waals surface area contributed by atoms with Crippen molar-refractivity contribution >= 4 is 11.8 Å². The predicted octanol–water partition coefficient (Wildman–Crippen LogP) is -0.204. The zero-order valence-corrected chi connectivity index (χ0v) is 11.3. The van der Waals surface area contributed by atoms with Crippen LogP contribution in [0.5, 0.6) is 0 Å². The number of tetrazole rings is 1. The molecule has 0 atom stereocenters. The Balaban J connectivity index is 1.95. The first kappa shape index (κ1) is 13.0. The molecule has 1 N–H and O–H groups in total. The molecule has 0 aliphatic rings. The quantitative estimate of drug-likeness (QED) is 0.696. The van der Waals surface area contributed by atoms with E-state index in [1.807, 2.05) is 18.7 Å². The molecule has 8 nitrogen and oxygen atoms in total. The van der Waals surface area contributed by atoms with Crippen molar-refractivity contribution < 1.29 is 0 Å². The van der Waals surface area contributed by atoms with Crippen LogP contribution < -0.4 is 5.32 Å². The zero-order chi connectivity index (χ0) is 12.8. The molecule has 0 saturated carbocycles. The highest BCUT2D eigenvalue weighted by Crippen LogP contribution is 2.18. The average Bonchev–Trinajstić information content (AvgIpc) is 3.02. The Morgan fingerprint density at radius 1 is 1.39 bits per heavy atom. The standard InChI is InChI=1S/C9H16N8S/c1-3-16-8(11-7-12-16)6-18-9-13-14-15-17(9)5-4-10-2/h7,10H,3-6H2,1-2H3. The highest BCUT2D eigenvalue weighted by Gasteiger charge is 2.09. The van der Waals surface area contributed by atoms with Gasteiger partial charge in [-0.05, 0) is 24.4 Å². The summed E-state index contributed by atoms with van der Waals surface area (Å²) in [6.45, 7) is 4.45. The molecule has 2 aromatic rings. The number of likely N-dealkylation sites (N-methyl/N-ethyl adjacent to an activating group) is 1. The first-order valence-corrected chi connectivity index (χ1v) is 6.74.